The van der Waals surface area contributed by atoms with Crippen molar-refractivity contribution < 1.29 is 14.3 Å². The number of hydrogen-bond acceptors (Lipinski definition) is 4. The van der Waals surface area contributed by atoms with E-state index in [0.717, 1.165) is 31.7 Å². The van der Waals surface area contributed by atoms with E-state index in [1.807, 2.05) is 19.9 Å². The average Bonchev–Trinajstić information content (AvgIpc) is 2.86. The van der Waals surface area contributed by atoms with Crippen LogP contribution in [0, 0.1) is 0 Å². The van der Waals surface area contributed by atoms with Crippen LogP contribution in [0.2, 0.25) is 0 Å². The predicted molar refractivity (Wildman–Crippen MR) is 73.4 cm³/mol. The Morgan fingerprint density at radius 2 is 2.37 bits per heavy atom. The second-order valence-corrected chi connectivity index (χ2v) is 4.72. The van der Waals surface area contributed by atoms with Gasteiger partial charge in [0.2, 0.25) is 0 Å². The third-order valence-corrected chi connectivity index (χ3v) is 3.26. The lowest BCUT2D eigenvalue weighted by Gasteiger charge is -2.12. The third kappa shape index (κ3) is 3.70. The highest BCUT2D eigenvalue weighted by molar-refractivity contribution is 5.75. The van der Waals surface area contributed by atoms with Crippen LogP contribution in [0.15, 0.2) is 18.2 Å². The van der Waals surface area contributed by atoms with Gasteiger partial charge in [0.1, 0.15) is 11.8 Å². The summed E-state index contributed by atoms with van der Waals surface area (Å²) in [7, 11) is 0. The van der Waals surface area contributed by atoms with Crippen molar-refractivity contribution in [2.24, 2.45) is 0 Å². The standard InChI is InChI=1S/C15H21NO3/c1-3-18-15(17)11(2)16-8-6-12-4-5-14-13(10-12)7-9-19-14/h4-5,10-11,16H,3,6-9H2,1-2H3. The number of ether oxygens (including phenoxy) is 2. The first-order chi connectivity index (χ1) is 9.20. The first-order valence-electron chi connectivity index (χ1n) is 6.85. The molecule has 1 N–H and O–H groups in total. The Hall–Kier alpha value is -1.55. The molecule has 4 nitrogen and oxygen atoms in total. The molecular formula is C15H21NO3. The molecule has 0 aromatic heterocycles. The quantitative estimate of drug-likeness (QED) is 0.794. The van der Waals surface area contributed by atoms with Gasteiger partial charge in [-0.3, -0.25) is 4.79 Å². The number of hydrogen-bond donors (Lipinski definition) is 1. The van der Waals surface area contributed by atoms with E-state index in [9.17, 15) is 4.79 Å². The maximum atomic E-state index is 11.4. The molecule has 19 heavy (non-hydrogen) atoms. The Morgan fingerprint density at radius 1 is 1.53 bits per heavy atom. The molecule has 1 aliphatic rings. The van der Waals surface area contributed by atoms with Gasteiger partial charge >= 0.3 is 5.97 Å². The second kappa shape index (κ2) is 6.57. The zero-order valence-electron chi connectivity index (χ0n) is 11.6. The molecule has 0 saturated carbocycles. The van der Waals surface area contributed by atoms with E-state index in [2.05, 4.69) is 17.4 Å². The monoisotopic (exact) mass is 263 g/mol. The molecular weight excluding hydrogens is 242 g/mol. The molecule has 104 valence electrons. The lowest BCUT2D eigenvalue weighted by Crippen LogP contribution is -2.36. The smallest absolute Gasteiger partial charge is 0.322 e. The zero-order valence-corrected chi connectivity index (χ0v) is 11.6. The van der Waals surface area contributed by atoms with Crippen molar-refractivity contribution in [3.05, 3.63) is 29.3 Å². The number of rotatable bonds is 6. The number of nitrogens with one attached hydrogen (secondary N) is 1. The molecule has 1 aromatic carbocycles. The van der Waals surface area contributed by atoms with Crippen LogP contribution in [0.5, 0.6) is 5.75 Å². The van der Waals surface area contributed by atoms with E-state index in [0.29, 0.717) is 6.61 Å². The fourth-order valence-corrected chi connectivity index (χ4v) is 2.18. The van der Waals surface area contributed by atoms with Crippen LogP contribution in [0.25, 0.3) is 0 Å². The Kier molecular flexibility index (Phi) is 4.80. The SMILES string of the molecule is CCOC(=O)C(C)NCCc1ccc2c(c1)CCO2. The molecule has 0 fully saturated rings. The zero-order chi connectivity index (χ0) is 13.7. The summed E-state index contributed by atoms with van der Waals surface area (Å²) in [5.41, 5.74) is 2.56. The van der Waals surface area contributed by atoms with Crippen LogP contribution in [0.3, 0.4) is 0 Å². The van der Waals surface area contributed by atoms with Crippen LogP contribution in [0.1, 0.15) is 25.0 Å². The van der Waals surface area contributed by atoms with Gasteiger partial charge in [-0.1, -0.05) is 12.1 Å². The van der Waals surface area contributed by atoms with Crippen molar-refractivity contribution in [2.45, 2.75) is 32.7 Å². The minimum Gasteiger partial charge on any atom is -0.493 e. The summed E-state index contributed by atoms with van der Waals surface area (Å²) in [6, 6.07) is 6.06. The molecule has 1 heterocycles. The number of carbonyl (C=O) groups is 1. The summed E-state index contributed by atoms with van der Waals surface area (Å²) in [6.07, 6.45) is 1.90. The lowest BCUT2D eigenvalue weighted by molar-refractivity contribution is -0.145. The molecule has 0 aliphatic carbocycles. The molecule has 0 bridgehead atoms. The van der Waals surface area contributed by atoms with Crippen molar-refractivity contribution in [3.8, 4) is 5.75 Å². The molecule has 4 heteroatoms. The van der Waals surface area contributed by atoms with Crippen LogP contribution < -0.4 is 10.1 Å². The van der Waals surface area contributed by atoms with E-state index >= 15 is 0 Å². The minimum atomic E-state index is -0.252. The number of fused-ring (bicyclic) bond motifs is 1. The topological polar surface area (TPSA) is 47.6 Å². The summed E-state index contributed by atoms with van der Waals surface area (Å²) in [4.78, 5) is 11.4. The van der Waals surface area contributed by atoms with E-state index in [4.69, 9.17) is 9.47 Å². The Morgan fingerprint density at radius 3 is 3.16 bits per heavy atom. The van der Waals surface area contributed by atoms with Gasteiger partial charge in [0, 0.05) is 6.42 Å². The maximum absolute atomic E-state index is 11.4. The van der Waals surface area contributed by atoms with Crippen molar-refractivity contribution in [1.29, 1.82) is 0 Å². The first-order valence-corrected chi connectivity index (χ1v) is 6.85. The highest BCUT2D eigenvalue weighted by atomic mass is 16.5. The van der Waals surface area contributed by atoms with E-state index < -0.39 is 0 Å². The van der Waals surface area contributed by atoms with Crippen molar-refractivity contribution >= 4 is 5.97 Å². The summed E-state index contributed by atoms with van der Waals surface area (Å²) >= 11 is 0. The van der Waals surface area contributed by atoms with Gasteiger partial charge in [0.15, 0.2) is 0 Å². The fraction of sp³-hybridized carbons (Fsp3) is 0.533. The third-order valence-electron chi connectivity index (χ3n) is 3.26. The van der Waals surface area contributed by atoms with E-state index in [1.165, 1.54) is 11.1 Å². The van der Waals surface area contributed by atoms with Crippen LogP contribution in [0.4, 0.5) is 0 Å². The summed E-state index contributed by atoms with van der Waals surface area (Å²) in [5, 5.41) is 3.18. The predicted octanol–water partition coefficient (Wildman–Crippen LogP) is 1.71. The van der Waals surface area contributed by atoms with Crippen molar-refractivity contribution in [3.63, 3.8) is 0 Å². The van der Waals surface area contributed by atoms with Gasteiger partial charge in [0.25, 0.3) is 0 Å². The summed E-state index contributed by atoms with van der Waals surface area (Å²) in [6.45, 7) is 5.62. The number of benzene rings is 1. The molecule has 0 amide bonds. The molecule has 1 aromatic rings. The van der Waals surface area contributed by atoms with E-state index in [1.54, 1.807) is 0 Å². The van der Waals surface area contributed by atoms with Gasteiger partial charge in [-0.2, -0.15) is 0 Å². The number of carbonyl (C=O) groups excluding carboxylic acids is 1. The lowest BCUT2D eigenvalue weighted by atomic mass is 10.1. The Bertz CT molecular complexity index is 445. The number of esters is 1. The van der Waals surface area contributed by atoms with Gasteiger partial charge in [0.05, 0.1) is 13.2 Å². The maximum Gasteiger partial charge on any atom is 0.322 e. The molecule has 1 atom stereocenters. The van der Waals surface area contributed by atoms with E-state index in [-0.39, 0.29) is 12.0 Å². The molecule has 0 radical (unpaired) electrons. The van der Waals surface area contributed by atoms with Crippen LogP contribution in [-0.4, -0.2) is 31.8 Å². The van der Waals surface area contributed by atoms with Gasteiger partial charge in [-0.15, -0.1) is 0 Å². The van der Waals surface area contributed by atoms with Crippen molar-refractivity contribution in [1.82, 2.24) is 5.32 Å². The molecule has 2 rings (SSSR count). The average molecular weight is 263 g/mol. The molecule has 1 unspecified atom stereocenters. The minimum absolute atomic E-state index is 0.190. The second-order valence-electron chi connectivity index (χ2n) is 4.72. The molecule has 0 saturated heterocycles. The Labute approximate surface area is 114 Å². The summed E-state index contributed by atoms with van der Waals surface area (Å²) in [5.74, 6) is 0.821. The largest absolute Gasteiger partial charge is 0.493 e. The fourth-order valence-electron chi connectivity index (χ4n) is 2.18. The van der Waals surface area contributed by atoms with Gasteiger partial charge < -0.3 is 14.8 Å². The first kappa shape index (κ1) is 13.9. The van der Waals surface area contributed by atoms with Gasteiger partial charge in [-0.25, -0.2) is 0 Å². The van der Waals surface area contributed by atoms with Crippen LogP contribution in [-0.2, 0) is 22.4 Å². The van der Waals surface area contributed by atoms with Crippen molar-refractivity contribution in [2.75, 3.05) is 19.8 Å². The molecule has 0 spiro atoms. The Balaban J connectivity index is 1.78. The highest BCUT2D eigenvalue weighted by Gasteiger charge is 2.14. The summed E-state index contributed by atoms with van der Waals surface area (Å²) < 4.78 is 10.4. The highest BCUT2D eigenvalue weighted by Crippen LogP contribution is 2.25. The van der Waals surface area contributed by atoms with Gasteiger partial charge in [-0.05, 0) is 44.0 Å². The van der Waals surface area contributed by atoms with Crippen LogP contribution >= 0.6 is 0 Å². The normalized spacial score (nSPS) is 14.6. The molecule has 1 aliphatic heterocycles.